The van der Waals surface area contributed by atoms with Crippen molar-refractivity contribution in [3.8, 4) is 0 Å². The summed E-state index contributed by atoms with van der Waals surface area (Å²) in [7, 11) is 0. The molecule has 0 aliphatic carbocycles. The number of alkyl halides is 3. The van der Waals surface area contributed by atoms with Crippen molar-refractivity contribution in [1.82, 2.24) is 0 Å². The van der Waals surface area contributed by atoms with Crippen LogP contribution in [0.2, 0.25) is 5.02 Å². The van der Waals surface area contributed by atoms with Crippen molar-refractivity contribution in [1.29, 1.82) is 0 Å². The molecule has 2 aromatic rings. The van der Waals surface area contributed by atoms with Crippen LogP contribution in [0.3, 0.4) is 0 Å². The third-order valence-corrected chi connectivity index (χ3v) is 3.63. The molecule has 0 amide bonds. The van der Waals surface area contributed by atoms with Crippen molar-refractivity contribution in [2.75, 3.05) is 0 Å². The second-order valence-corrected chi connectivity index (χ2v) is 5.78. The summed E-state index contributed by atoms with van der Waals surface area (Å²) < 4.78 is 53.6. The van der Waals surface area contributed by atoms with Gasteiger partial charge in [0.05, 0.1) is 11.5 Å². The summed E-state index contributed by atoms with van der Waals surface area (Å²) in [5.74, 6) is -2.65. The quantitative estimate of drug-likeness (QED) is 0.488. The molecular weight excluding hydrogens is 344 g/mol. The molecule has 0 saturated carbocycles. The van der Waals surface area contributed by atoms with Crippen molar-refractivity contribution < 1.29 is 22.4 Å². The first-order valence-corrected chi connectivity index (χ1v) is 7.35. The molecule has 1 atom stereocenters. The molecule has 0 radical (unpaired) electrons. The summed E-state index contributed by atoms with van der Waals surface area (Å²) in [5.41, 5.74) is 0.700. The molecule has 2 aromatic carbocycles. The number of hydrogen-bond donors (Lipinski definition) is 0. The predicted octanol–water partition coefficient (Wildman–Crippen LogP) is 5.96. The Hall–Kier alpha value is -2.14. The average Bonchev–Trinajstić information content (AvgIpc) is 2.45. The number of carbonyl (C=O) groups is 1. The van der Waals surface area contributed by atoms with Crippen molar-refractivity contribution in [3.63, 3.8) is 0 Å². The molecule has 0 saturated heterocycles. The molecule has 2 rings (SSSR count). The normalized spacial score (nSPS) is 13.2. The van der Waals surface area contributed by atoms with Crippen LogP contribution < -0.4 is 0 Å². The second-order valence-electron chi connectivity index (χ2n) is 5.34. The summed E-state index contributed by atoms with van der Waals surface area (Å²) in [4.78, 5) is 10.6. The van der Waals surface area contributed by atoms with E-state index in [-0.39, 0.29) is 21.7 Å². The van der Waals surface area contributed by atoms with Crippen LogP contribution in [0.1, 0.15) is 33.0 Å². The van der Waals surface area contributed by atoms with Gasteiger partial charge in [0.15, 0.2) is 6.29 Å². The molecular formula is C18H13ClF4O. The molecule has 0 aromatic heterocycles. The lowest BCUT2D eigenvalue weighted by atomic mass is 9.95. The minimum Gasteiger partial charge on any atom is -0.298 e. The fourth-order valence-corrected chi connectivity index (χ4v) is 2.60. The Morgan fingerprint density at radius 1 is 1.12 bits per heavy atom. The van der Waals surface area contributed by atoms with Crippen LogP contribution in [0.25, 0.3) is 6.08 Å². The van der Waals surface area contributed by atoms with Crippen LogP contribution in [-0.2, 0) is 0 Å². The van der Waals surface area contributed by atoms with Crippen molar-refractivity contribution in [2.24, 2.45) is 0 Å². The van der Waals surface area contributed by atoms with E-state index in [0.717, 1.165) is 12.1 Å². The SMILES string of the molecule is Cc1cc(Cl)cc(C(/C=C/c2ccc(C=O)c(F)c2)C(F)(F)F)c1. The fraction of sp³-hybridized carbons (Fsp3) is 0.167. The van der Waals surface area contributed by atoms with E-state index >= 15 is 0 Å². The highest BCUT2D eigenvalue weighted by molar-refractivity contribution is 6.30. The highest BCUT2D eigenvalue weighted by atomic mass is 35.5. The van der Waals surface area contributed by atoms with Gasteiger partial charge in [-0.2, -0.15) is 13.2 Å². The average molecular weight is 357 g/mol. The summed E-state index contributed by atoms with van der Waals surface area (Å²) in [5, 5.41) is 0.217. The van der Waals surface area contributed by atoms with Crippen LogP contribution >= 0.6 is 11.6 Å². The van der Waals surface area contributed by atoms with E-state index in [0.29, 0.717) is 11.8 Å². The first kappa shape index (κ1) is 18.2. The van der Waals surface area contributed by atoms with Gasteiger partial charge in [0.1, 0.15) is 5.82 Å². The van der Waals surface area contributed by atoms with Crippen molar-refractivity contribution >= 4 is 24.0 Å². The van der Waals surface area contributed by atoms with E-state index in [9.17, 15) is 22.4 Å². The van der Waals surface area contributed by atoms with Crippen LogP contribution in [0.5, 0.6) is 0 Å². The van der Waals surface area contributed by atoms with E-state index in [1.807, 2.05) is 0 Å². The Morgan fingerprint density at radius 2 is 1.83 bits per heavy atom. The Labute approximate surface area is 141 Å². The maximum atomic E-state index is 13.5. The number of aryl methyl sites for hydroxylation is 1. The summed E-state index contributed by atoms with van der Waals surface area (Å²) in [6.45, 7) is 1.65. The van der Waals surface area contributed by atoms with E-state index in [4.69, 9.17) is 11.6 Å². The molecule has 1 nitrogen and oxygen atoms in total. The summed E-state index contributed by atoms with van der Waals surface area (Å²) in [6, 6.07) is 7.83. The van der Waals surface area contributed by atoms with Gasteiger partial charge in [-0.1, -0.05) is 35.9 Å². The second kappa shape index (κ2) is 7.18. The lowest BCUT2D eigenvalue weighted by Crippen LogP contribution is -2.19. The number of aldehydes is 1. The zero-order valence-electron chi connectivity index (χ0n) is 12.6. The van der Waals surface area contributed by atoms with E-state index in [1.165, 1.54) is 30.3 Å². The minimum atomic E-state index is -4.52. The fourth-order valence-electron chi connectivity index (χ4n) is 2.30. The van der Waals surface area contributed by atoms with Crippen LogP contribution in [0.15, 0.2) is 42.5 Å². The Kier molecular flexibility index (Phi) is 5.44. The first-order valence-electron chi connectivity index (χ1n) is 6.97. The maximum Gasteiger partial charge on any atom is 0.399 e. The molecule has 0 aliphatic rings. The molecule has 126 valence electrons. The zero-order valence-corrected chi connectivity index (χ0v) is 13.3. The van der Waals surface area contributed by atoms with Crippen LogP contribution in [-0.4, -0.2) is 12.5 Å². The molecule has 1 unspecified atom stereocenters. The highest BCUT2D eigenvalue weighted by Gasteiger charge is 2.39. The number of benzene rings is 2. The number of rotatable bonds is 4. The highest BCUT2D eigenvalue weighted by Crippen LogP contribution is 2.37. The first-order chi connectivity index (χ1) is 11.2. The van der Waals surface area contributed by atoms with Crippen LogP contribution in [0.4, 0.5) is 17.6 Å². The molecule has 24 heavy (non-hydrogen) atoms. The topological polar surface area (TPSA) is 17.1 Å². The van der Waals surface area contributed by atoms with Gasteiger partial charge in [0, 0.05) is 5.02 Å². The Bertz CT molecular complexity index is 761. The Balaban J connectivity index is 2.39. The number of hydrogen-bond acceptors (Lipinski definition) is 1. The van der Waals surface area contributed by atoms with Gasteiger partial charge in [-0.05, 0) is 47.9 Å². The third-order valence-electron chi connectivity index (χ3n) is 3.41. The molecule has 0 heterocycles. The van der Waals surface area contributed by atoms with Gasteiger partial charge in [0.25, 0.3) is 0 Å². The standard InChI is InChI=1S/C18H13ClF4O/c1-11-6-14(9-15(19)7-11)16(18(21,22)23)5-3-12-2-4-13(10-24)17(20)8-12/h2-10,16H,1H3/b5-3+. The van der Waals surface area contributed by atoms with Crippen LogP contribution in [0, 0.1) is 12.7 Å². The van der Waals surface area contributed by atoms with E-state index in [1.54, 1.807) is 13.0 Å². The molecule has 0 bridgehead atoms. The molecule has 6 heteroatoms. The lowest BCUT2D eigenvalue weighted by Gasteiger charge is -2.18. The number of carbonyl (C=O) groups excluding carboxylic acids is 1. The summed E-state index contributed by atoms with van der Waals surface area (Å²) >= 11 is 5.84. The van der Waals surface area contributed by atoms with Gasteiger partial charge in [0.2, 0.25) is 0 Å². The predicted molar refractivity (Wildman–Crippen MR) is 85.8 cm³/mol. The molecule has 0 N–H and O–H groups in total. The zero-order chi connectivity index (χ0) is 17.9. The van der Waals surface area contributed by atoms with Gasteiger partial charge in [-0.3, -0.25) is 4.79 Å². The lowest BCUT2D eigenvalue weighted by molar-refractivity contribution is -0.139. The number of allylic oxidation sites excluding steroid dienone is 1. The molecule has 0 spiro atoms. The van der Waals surface area contributed by atoms with Crippen molar-refractivity contribution in [3.05, 3.63) is 75.6 Å². The maximum absolute atomic E-state index is 13.5. The van der Waals surface area contributed by atoms with Gasteiger partial charge < -0.3 is 0 Å². The molecule has 0 fully saturated rings. The van der Waals surface area contributed by atoms with E-state index < -0.39 is 17.9 Å². The molecule has 0 aliphatic heterocycles. The largest absolute Gasteiger partial charge is 0.399 e. The Morgan fingerprint density at radius 3 is 2.38 bits per heavy atom. The number of halogens is 5. The monoisotopic (exact) mass is 356 g/mol. The summed E-state index contributed by atoms with van der Waals surface area (Å²) in [6.07, 6.45) is -2.06. The van der Waals surface area contributed by atoms with Gasteiger partial charge >= 0.3 is 6.18 Å². The smallest absolute Gasteiger partial charge is 0.298 e. The van der Waals surface area contributed by atoms with E-state index in [2.05, 4.69) is 0 Å². The van der Waals surface area contributed by atoms with Crippen molar-refractivity contribution in [2.45, 2.75) is 19.0 Å². The minimum absolute atomic E-state index is 0.00809. The van der Waals surface area contributed by atoms with Gasteiger partial charge in [-0.25, -0.2) is 4.39 Å². The van der Waals surface area contributed by atoms with Gasteiger partial charge in [-0.15, -0.1) is 0 Å². The third kappa shape index (κ3) is 4.45.